The van der Waals surface area contributed by atoms with Crippen LogP contribution in [0.2, 0.25) is 0 Å². The van der Waals surface area contributed by atoms with E-state index in [-0.39, 0.29) is 6.42 Å². The van der Waals surface area contributed by atoms with Crippen molar-refractivity contribution in [1.29, 1.82) is 0 Å². The van der Waals surface area contributed by atoms with Crippen molar-refractivity contribution in [3.8, 4) is 0 Å². The average Bonchev–Trinajstić information content (AvgIpc) is 2.49. The molecule has 0 aliphatic carbocycles. The molecule has 4 nitrogen and oxygen atoms in total. The Morgan fingerprint density at radius 3 is 1.59 bits per heavy atom. The van der Waals surface area contributed by atoms with E-state index in [0.29, 0.717) is 25.7 Å². The molecule has 4 heteroatoms. The molecule has 0 rings (SSSR count). The monoisotopic (exact) mass is 314 g/mol. The van der Waals surface area contributed by atoms with Gasteiger partial charge in [0, 0.05) is 0 Å². The first-order valence-electron chi connectivity index (χ1n) is 8.85. The predicted octanol–water partition coefficient (Wildman–Crippen LogP) is 5.11. The normalized spacial score (nSPS) is 12.4. The van der Waals surface area contributed by atoms with Crippen LogP contribution in [0.15, 0.2) is 0 Å². The Balaban J connectivity index is 5.65. The van der Waals surface area contributed by atoms with Crippen LogP contribution in [-0.4, -0.2) is 22.2 Å². The quantitative estimate of drug-likeness (QED) is 0.366. The highest BCUT2D eigenvalue weighted by Gasteiger charge is 2.59. The fourth-order valence-electron chi connectivity index (χ4n) is 3.78. The molecule has 0 heterocycles. The van der Waals surface area contributed by atoms with Crippen molar-refractivity contribution in [1.82, 2.24) is 0 Å². The van der Waals surface area contributed by atoms with Crippen molar-refractivity contribution >= 4 is 11.9 Å². The van der Waals surface area contributed by atoms with Crippen LogP contribution in [0.1, 0.15) is 91.9 Å². The molecule has 0 radical (unpaired) electrons. The second-order valence-electron chi connectivity index (χ2n) is 6.42. The Kier molecular flexibility index (Phi) is 9.38. The van der Waals surface area contributed by atoms with Crippen molar-refractivity contribution in [3.63, 3.8) is 0 Å². The number of carboxylic acids is 2. The predicted molar refractivity (Wildman–Crippen MR) is 89.0 cm³/mol. The van der Waals surface area contributed by atoms with Gasteiger partial charge in [0.1, 0.15) is 0 Å². The van der Waals surface area contributed by atoms with E-state index in [2.05, 4.69) is 13.8 Å². The van der Waals surface area contributed by atoms with Crippen molar-refractivity contribution in [2.45, 2.75) is 91.9 Å². The van der Waals surface area contributed by atoms with Gasteiger partial charge in [-0.2, -0.15) is 0 Å². The SMILES string of the molecule is CCCCCCC(C(=O)O)(C(=O)O)C(CC)(CC)CCCC. The minimum atomic E-state index is -1.65. The molecule has 0 aromatic rings. The lowest BCUT2D eigenvalue weighted by Gasteiger charge is -2.45. The fourth-order valence-corrected chi connectivity index (χ4v) is 3.78. The maximum absolute atomic E-state index is 12.1. The molecule has 2 N–H and O–H groups in total. The molecule has 130 valence electrons. The molecule has 0 amide bonds. The van der Waals surface area contributed by atoms with E-state index in [1.807, 2.05) is 13.8 Å². The minimum Gasteiger partial charge on any atom is -0.480 e. The van der Waals surface area contributed by atoms with Crippen LogP contribution < -0.4 is 0 Å². The number of hydrogen-bond donors (Lipinski definition) is 2. The molecule has 0 aromatic carbocycles. The number of unbranched alkanes of at least 4 members (excludes halogenated alkanes) is 4. The van der Waals surface area contributed by atoms with Gasteiger partial charge in [0.15, 0.2) is 5.41 Å². The summed E-state index contributed by atoms with van der Waals surface area (Å²) in [6.07, 6.45) is 7.56. The third-order valence-electron chi connectivity index (χ3n) is 5.40. The van der Waals surface area contributed by atoms with Gasteiger partial charge in [-0.15, -0.1) is 0 Å². The number of hydrogen-bond acceptors (Lipinski definition) is 2. The second kappa shape index (κ2) is 9.86. The topological polar surface area (TPSA) is 74.6 Å². The van der Waals surface area contributed by atoms with Crippen LogP contribution in [0.3, 0.4) is 0 Å². The number of carboxylic acid groups (broad SMARTS) is 2. The summed E-state index contributed by atoms with van der Waals surface area (Å²) in [5.41, 5.74) is -2.31. The molecule has 0 unspecified atom stereocenters. The van der Waals surface area contributed by atoms with Crippen molar-refractivity contribution in [2.75, 3.05) is 0 Å². The van der Waals surface area contributed by atoms with Gasteiger partial charge in [-0.05, 0) is 31.1 Å². The molecule has 22 heavy (non-hydrogen) atoms. The summed E-state index contributed by atoms with van der Waals surface area (Å²) >= 11 is 0. The van der Waals surface area contributed by atoms with E-state index in [1.54, 1.807) is 0 Å². The molecule has 0 aliphatic heterocycles. The van der Waals surface area contributed by atoms with E-state index >= 15 is 0 Å². The summed E-state index contributed by atoms with van der Waals surface area (Å²) in [5.74, 6) is -2.31. The highest BCUT2D eigenvalue weighted by Crippen LogP contribution is 2.52. The lowest BCUT2D eigenvalue weighted by atomic mass is 9.56. The molecule has 0 atom stereocenters. The Labute approximate surface area is 135 Å². The highest BCUT2D eigenvalue weighted by atomic mass is 16.4. The first kappa shape index (κ1) is 20.9. The zero-order valence-corrected chi connectivity index (χ0v) is 14.8. The summed E-state index contributed by atoms with van der Waals surface area (Å²) in [7, 11) is 0. The summed E-state index contributed by atoms with van der Waals surface area (Å²) in [6, 6.07) is 0. The molecular formula is C18H34O4. The third-order valence-corrected chi connectivity index (χ3v) is 5.40. The van der Waals surface area contributed by atoms with Gasteiger partial charge in [0.05, 0.1) is 0 Å². The molecule has 0 aromatic heterocycles. The van der Waals surface area contributed by atoms with Crippen molar-refractivity contribution in [3.05, 3.63) is 0 Å². The minimum absolute atomic E-state index is 0.239. The maximum Gasteiger partial charge on any atom is 0.321 e. The average molecular weight is 314 g/mol. The zero-order chi connectivity index (χ0) is 17.2. The Morgan fingerprint density at radius 2 is 1.23 bits per heavy atom. The molecular weight excluding hydrogens is 280 g/mol. The largest absolute Gasteiger partial charge is 0.480 e. The van der Waals surface area contributed by atoms with Gasteiger partial charge in [-0.1, -0.05) is 66.2 Å². The molecule has 0 aliphatic rings. The third kappa shape index (κ3) is 4.23. The lowest BCUT2D eigenvalue weighted by Crippen LogP contribution is -2.53. The molecule has 0 saturated carbocycles. The van der Waals surface area contributed by atoms with Gasteiger partial charge < -0.3 is 10.2 Å². The molecule has 0 bridgehead atoms. The Bertz CT molecular complexity index is 331. The van der Waals surface area contributed by atoms with Gasteiger partial charge in [-0.25, -0.2) is 0 Å². The van der Waals surface area contributed by atoms with Crippen LogP contribution in [0, 0.1) is 10.8 Å². The first-order chi connectivity index (χ1) is 10.4. The van der Waals surface area contributed by atoms with Crippen LogP contribution in [-0.2, 0) is 9.59 Å². The zero-order valence-electron chi connectivity index (χ0n) is 14.8. The van der Waals surface area contributed by atoms with E-state index in [1.165, 1.54) is 0 Å². The van der Waals surface area contributed by atoms with Crippen LogP contribution in [0.5, 0.6) is 0 Å². The van der Waals surface area contributed by atoms with E-state index in [9.17, 15) is 19.8 Å². The second-order valence-corrected chi connectivity index (χ2v) is 6.42. The number of carbonyl (C=O) groups is 2. The highest BCUT2D eigenvalue weighted by molar-refractivity contribution is 5.99. The van der Waals surface area contributed by atoms with Gasteiger partial charge in [-0.3, -0.25) is 9.59 Å². The summed E-state index contributed by atoms with van der Waals surface area (Å²) < 4.78 is 0. The van der Waals surface area contributed by atoms with Crippen LogP contribution in [0.4, 0.5) is 0 Å². The number of aliphatic carboxylic acids is 2. The van der Waals surface area contributed by atoms with Gasteiger partial charge in [0.25, 0.3) is 0 Å². The van der Waals surface area contributed by atoms with E-state index < -0.39 is 22.8 Å². The summed E-state index contributed by atoms with van der Waals surface area (Å²) in [5, 5.41) is 19.7. The van der Waals surface area contributed by atoms with Gasteiger partial charge in [0.2, 0.25) is 0 Å². The van der Waals surface area contributed by atoms with Gasteiger partial charge >= 0.3 is 11.9 Å². The van der Waals surface area contributed by atoms with Crippen molar-refractivity contribution in [2.24, 2.45) is 10.8 Å². The van der Waals surface area contributed by atoms with Crippen LogP contribution >= 0.6 is 0 Å². The smallest absolute Gasteiger partial charge is 0.321 e. The Hall–Kier alpha value is -1.06. The standard InChI is InChI=1S/C18H34O4/c1-5-9-11-12-14-18(15(19)20,16(21)22)17(7-3,8-4)13-10-6-2/h5-14H2,1-4H3,(H,19,20)(H,21,22). The maximum atomic E-state index is 12.1. The van der Waals surface area contributed by atoms with E-state index in [0.717, 1.165) is 32.1 Å². The van der Waals surface area contributed by atoms with E-state index in [4.69, 9.17) is 0 Å². The molecule has 0 spiro atoms. The summed E-state index contributed by atoms with van der Waals surface area (Å²) in [6.45, 7) is 8.02. The lowest BCUT2D eigenvalue weighted by molar-refractivity contribution is -0.179. The first-order valence-corrected chi connectivity index (χ1v) is 8.85. The summed E-state index contributed by atoms with van der Waals surface area (Å²) in [4.78, 5) is 24.1. The Morgan fingerprint density at radius 1 is 0.727 bits per heavy atom. The fraction of sp³-hybridized carbons (Fsp3) is 0.889. The number of rotatable bonds is 13. The molecule has 0 saturated heterocycles. The molecule has 0 fully saturated rings. The van der Waals surface area contributed by atoms with Crippen LogP contribution in [0.25, 0.3) is 0 Å². The van der Waals surface area contributed by atoms with Crippen molar-refractivity contribution < 1.29 is 19.8 Å².